The first-order chi connectivity index (χ1) is 9.38. The summed E-state index contributed by atoms with van der Waals surface area (Å²) < 4.78 is 5.91. The van der Waals surface area contributed by atoms with Gasteiger partial charge in [-0.2, -0.15) is 0 Å². The van der Waals surface area contributed by atoms with Gasteiger partial charge in [-0.25, -0.2) is 0 Å². The third-order valence-corrected chi connectivity index (χ3v) is 3.54. The largest absolute Gasteiger partial charge is 0.493 e. The summed E-state index contributed by atoms with van der Waals surface area (Å²) in [4.78, 5) is 0. The van der Waals surface area contributed by atoms with Crippen LogP contribution in [0.3, 0.4) is 0 Å². The first-order valence-corrected chi connectivity index (χ1v) is 7.25. The molecule has 0 radical (unpaired) electrons. The van der Waals surface area contributed by atoms with Gasteiger partial charge in [0.1, 0.15) is 5.75 Å². The Hall–Kier alpha value is -1.46. The highest BCUT2D eigenvalue weighted by atomic mass is 16.5. The molecule has 1 aliphatic rings. The maximum Gasteiger partial charge on any atom is 0.120 e. The number of ether oxygens (including phenoxy) is 1. The van der Waals surface area contributed by atoms with E-state index in [4.69, 9.17) is 4.74 Å². The van der Waals surface area contributed by atoms with Crippen LogP contribution >= 0.6 is 0 Å². The highest BCUT2D eigenvalue weighted by molar-refractivity contribution is 5.39. The maximum absolute atomic E-state index is 5.91. The van der Waals surface area contributed by atoms with Crippen molar-refractivity contribution in [2.24, 2.45) is 5.92 Å². The van der Waals surface area contributed by atoms with Crippen molar-refractivity contribution in [2.45, 2.75) is 32.1 Å². The van der Waals surface area contributed by atoms with Gasteiger partial charge >= 0.3 is 0 Å². The number of rotatable bonds is 4. The second kappa shape index (κ2) is 7.86. The Labute approximate surface area is 116 Å². The topological polar surface area (TPSA) is 21.3 Å². The van der Waals surface area contributed by atoms with Crippen LogP contribution in [0.5, 0.6) is 5.75 Å². The minimum Gasteiger partial charge on any atom is -0.493 e. The molecule has 1 aliphatic carbocycles. The Kier molecular flexibility index (Phi) is 5.78. The molecule has 0 bridgehead atoms. The molecule has 19 heavy (non-hydrogen) atoms. The van der Waals surface area contributed by atoms with E-state index in [1.807, 2.05) is 31.3 Å². The highest BCUT2D eigenvalue weighted by Gasteiger charge is 2.13. The fourth-order valence-corrected chi connectivity index (χ4v) is 2.47. The van der Waals surface area contributed by atoms with Gasteiger partial charge < -0.3 is 10.1 Å². The van der Waals surface area contributed by atoms with Crippen molar-refractivity contribution in [3.8, 4) is 17.6 Å². The van der Waals surface area contributed by atoms with Crippen molar-refractivity contribution in [3.63, 3.8) is 0 Å². The van der Waals surface area contributed by atoms with Crippen LogP contribution in [0, 0.1) is 17.8 Å². The average Bonchev–Trinajstić information content (AvgIpc) is 2.47. The number of benzene rings is 1. The molecule has 1 saturated carbocycles. The number of nitrogens with one attached hydrogen (secondary N) is 1. The van der Waals surface area contributed by atoms with Crippen LogP contribution in [0.25, 0.3) is 0 Å². The highest BCUT2D eigenvalue weighted by Crippen LogP contribution is 2.24. The minimum atomic E-state index is 0.715. The molecule has 1 aromatic rings. The minimum absolute atomic E-state index is 0.715. The first-order valence-electron chi connectivity index (χ1n) is 7.25. The fraction of sp³-hybridized carbons (Fsp3) is 0.529. The molecule has 0 aliphatic heterocycles. The summed E-state index contributed by atoms with van der Waals surface area (Å²) in [5.41, 5.74) is 1.02. The molecule has 0 spiro atoms. The smallest absolute Gasteiger partial charge is 0.120 e. The van der Waals surface area contributed by atoms with Gasteiger partial charge in [0.05, 0.1) is 13.2 Å². The average molecular weight is 257 g/mol. The lowest BCUT2D eigenvalue weighted by Crippen LogP contribution is -2.15. The lowest BCUT2D eigenvalue weighted by molar-refractivity contribution is 0.209. The summed E-state index contributed by atoms with van der Waals surface area (Å²) in [6.07, 6.45) is 6.77. The third-order valence-electron chi connectivity index (χ3n) is 3.54. The molecule has 0 unspecified atom stereocenters. The van der Waals surface area contributed by atoms with Crippen molar-refractivity contribution < 1.29 is 4.74 Å². The van der Waals surface area contributed by atoms with Gasteiger partial charge in [-0.05, 0) is 44.0 Å². The van der Waals surface area contributed by atoms with Crippen molar-refractivity contribution in [2.75, 3.05) is 20.2 Å². The monoisotopic (exact) mass is 257 g/mol. The van der Waals surface area contributed by atoms with E-state index in [-0.39, 0.29) is 0 Å². The van der Waals surface area contributed by atoms with Gasteiger partial charge in [-0.15, -0.1) is 0 Å². The second-order valence-corrected chi connectivity index (χ2v) is 5.17. The summed E-state index contributed by atoms with van der Waals surface area (Å²) in [7, 11) is 1.90. The van der Waals surface area contributed by atoms with Crippen molar-refractivity contribution in [3.05, 3.63) is 29.8 Å². The number of hydrogen-bond donors (Lipinski definition) is 1. The molecule has 0 amide bonds. The quantitative estimate of drug-likeness (QED) is 0.836. The molecule has 1 fully saturated rings. The zero-order chi connectivity index (χ0) is 13.3. The standard InChI is InChI=1S/C17H23NO/c1-18-12-6-10-15-9-5-11-17(13-15)19-14-16-7-3-2-4-8-16/h5,9,11,13,16,18H,2-4,7-8,12,14H2,1H3. The zero-order valence-corrected chi connectivity index (χ0v) is 11.7. The van der Waals surface area contributed by atoms with E-state index < -0.39 is 0 Å². The van der Waals surface area contributed by atoms with E-state index in [1.54, 1.807) is 0 Å². The van der Waals surface area contributed by atoms with E-state index in [0.717, 1.165) is 23.8 Å². The molecule has 2 rings (SSSR count). The summed E-state index contributed by atoms with van der Waals surface area (Å²) in [5, 5.41) is 3.02. The van der Waals surface area contributed by atoms with Crippen LogP contribution in [-0.4, -0.2) is 20.2 Å². The molecule has 0 atom stereocenters. The van der Waals surface area contributed by atoms with E-state index in [0.29, 0.717) is 6.54 Å². The molecule has 102 valence electrons. The lowest BCUT2D eigenvalue weighted by atomic mass is 9.90. The third kappa shape index (κ3) is 4.96. The first kappa shape index (κ1) is 14.0. The normalized spacial score (nSPS) is 15.6. The van der Waals surface area contributed by atoms with Gasteiger partial charge in [0.15, 0.2) is 0 Å². The van der Waals surface area contributed by atoms with Crippen molar-refractivity contribution in [1.29, 1.82) is 0 Å². The van der Waals surface area contributed by atoms with E-state index in [9.17, 15) is 0 Å². The molecule has 0 aromatic heterocycles. The lowest BCUT2D eigenvalue weighted by Gasteiger charge is -2.21. The summed E-state index contributed by atoms with van der Waals surface area (Å²) in [6.45, 7) is 1.57. The molecule has 1 aromatic carbocycles. The fourth-order valence-electron chi connectivity index (χ4n) is 2.47. The maximum atomic E-state index is 5.91. The molecular formula is C17H23NO. The Morgan fingerprint density at radius 3 is 2.89 bits per heavy atom. The molecule has 1 N–H and O–H groups in total. The van der Waals surface area contributed by atoms with Gasteiger partial charge in [0, 0.05) is 5.56 Å². The zero-order valence-electron chi connectivity index (χ0n) is 11.7. The van der Waals surface area contributed by atoms with Gasteiger partial charge in [-0.3, -0.25) is 0 Å². The molecule has 2 nitrogen and oxygen atoms in total. The Morgan fingerprint density at radius 1 is 1.26 bits per heavy atom. The summed E-state index contributed by atoms with van der Waals surface area (Å²) in [5.74, 6) is 7.89. The molecule has 0 heterocycles. The van der Waals surface area contributed by atoms with Crippen LogP contribution < -0.4 is 10.1 Å². The van der Waals surface area contributed by atoms with Gasteiger partial charge in [0.25, 0.3) is 0 Å². The van der Waals surface area contributed by atoms with E-state index >= 15 is 0 Å². The van der Waals surface area contributed by atoms with E-state index in [1.165, 1.54) is 32.1 Å². The molecule has 2 heteroatoms. The van der Waals surface area contributed by atoms with Gasteiger partial charge in [-0.1, -0.05) is 37.2 Å². The SMILES string of the molecule is CNCC#Cc1cccc(OCC2CCCCC2)c1. The second-order valence-electron chi connectivity index (χ2n) is 5.17. The van der Waals surface area contributed by atoms with E-state index in [2.05, 4.69) is 17.2 Å². The predicted molar refractivity (Wildman–Crippen MR) is 79.3 cm³/mol. The van der Waals surface area contributed by atoms with Crippen molar-refractivity contribution in [1.82, 2.24) is 5.32 Å². The Balaban J connectivity index is 1.86. The number of hydrogen-bond acceptors (Lipinski definition) is 2. The van der Waals surface area contributed by atoms with Gasteiger partial charge in [0.2, 0.25) is 0 Å². The van der Waals surface area contributed by atoms with Crippen LogP contribution in [0.15, 0.2) is 24.3 Å². The Morgan fingerprint density at radius 2 is 2.11 bits per heavy atom. The Bertz CT molecular complexity index is 438. The van der Waals surface area contributed by atoms with Crippen LogP contribution in [0.1, 0.15) is 37.7 Å². The summed E-state index contributed by atoms with van der Waals surface area (Å²) in [6, 6.07) is 8.09. The molecule has 0 saturated heterocycles. The van der Waals surface area contributed by atoms with Crippen LogP contribution in [0.2, 0.25) is 0 Å². The molecular weight excluding hydrogens is 234 g/mol. The predicted octanol–water partition coefficient (Wildman–Crippen LogP) is 3.22. The van der Waals surface area contributed by atoms with Crippen LogP contribution in [0.4, 0.5) is 0 Å². The summed E-state index contributed by atoms with van der Waals surface area (Å²) >= 11 is 0. The van der Waals surface area contributed by atoms with Crippen molar-refractivity contribution >= 4 is 0 Å². The van der Waals surface area contributed by atoms with Crippen LogP contribution in [-0.2, 0) is 0 Å².